The van der Waals surface area contributed by atoms with Gasteiger partial charge in [-0.2, -0.15) is 0 Å². The highest BCUT2D eigenvalue weighted by Gasteiger charge is 2.37. The van der Waals surface area contributed by atoms with Crippen molar-refractivity contribution in [3.8, 4) is 0 Å². The largest absolute Gasteiger partial charge is 0.444 e. The Labute approximate surface area is 127 Å². The number of ether oxygens (including phenoxy) is 1. The number of hydrogen-bond acceptors (Lipinski definition) is 5. The molecule has 0 bridgehead atoms. The van der Waals surface area contributed by atoms with Crippen LogP contribution < -0.4 is 5.73 Å². The van der Waals surface area contributed by atoms with Crippen molar-refractivity contribution in [2.45, 2.75) is 51.3 Å². The molecule has 0 saturated carbocycles. The van der Waals surface area contributed by atoms with E-state index in [0.29, 0.717) is 12.0 Å². The summed E-state index contributed by atoms with van der Waals surface area (Å²) in [7, 11) is 0. The number of piperidine rings is 1. The van der Waals surface area contributed by atoms with Crippen LogP contribution >= 0.6 is 0 Å². The van der Waals surface area contributed by atoms with Gasteiger partial charge in [-0.05, 0) is 33.6 Å². The zero-order chi connectivity index (χ0) is 15.6. The Bertz CT molecular complexity index is 356. The number of nitrogens with two attached hydrogens (primary N) is 1. The number of aliphatic hydroxyl groups is 1. The Morgan fingerprint density at radius 2 is 1.90 bits per heavy atom. The second kappa shape index (κ2) is 6.50. The molecule has 3 N–H and O–H groups in total. The van der Waals surface area contributed by atoms with E-state index >= 15 is 0 Å². The lowest BCUT2D eigenvalue weighted by Crippen LogP contribution is -2.60. The van der Waals surface area contributed by atoms with Crippen molar-refractivity contribution in [3.05, 3.63) is 0 Å². The van der Waals surface area contributed by atoms with Crippen LogP contribution in [0.25, 0.3) is 0 Å². The monoisotopic (exact) mass is 299 g/mol. The van der Waals surface area contributed by atoms with E-state index in [1.165, 1.54) is 0 Å². The number of carbonyl (C=O) groups is 1. The normalized spacial score (nSPS) is 23.8. The second-order valence-corrected chi connectivity index (χ2v) is 7.26. The molecule has 0 aromatic rings. The highest BCUT2D eigenvalue weighted by atomic mass is 16.6. The molecule has 1 unspecified atom stereocenters. The number of nitrogens with zero attached hydrogens (tertiary/aromatic N) is 2. The molecule has 1 amide bonds. The summed E-state index contributed by atoms with van der Waals surface area (Å²) in [6.07, 6.45) is 1.77. The van der Waals surface area contributed by atoms with Crippen molar-refractivity contribution in [2.24, 2.45) is 11.7 Å². The van der Waals surface area contributed by atoms with Crippen molar-refractivity contribution < 1.29 is 14.6 Å². The van der Waals surface area contributed by atoms with Gasteiger partial charge in [-0.1, -0.05) is 0 Å². The SMILES string of the molecule is CC(C)(C)OC(=O)N1CCC(N2CC(C(N)CO)C2)CC1. The van der Waals surface area contributed by atoms with E-state index in [0.717, 1.165) is 39.0 Å². The third-order valence-corrected chi connectivity index (χ3v) is 4.39. The molecule has 0 radical (unpaired) electrons. The molecule has 2 heterocycles. The Morgan fingerprint density at radius 3 is 2.38 bits per heavy atom. The molecule has 2 rings (SSSR count). The lowest BCUT2D eigenvalue weighted by atomic mass is 9.88. The molecule has 2 aliphatic rings. The average molecular weight is 299 g/mol. The van der Waals surface area contributed by atoms with Gasteiger partial charge in [0.25, 0.3) is 0 Å². The number of carbonyl (C=O) groups excluding carboxylic acids is 1. The summed E-state index contributed by atoms with van der Waals surface area (Å²) < 4.78 is 5.41. The quantitative estimate of drug-likeness (QED) is 0.799. The van der Waals surface area contributed by atoms with Gasteiger partial charge in [0.15, 0.2) is 0 Å². The van der Waals surface area contributed by atoms with Gasteiger partial charge < -0.3 is 20.5 Å². The van der Waals surface area contributed by atoms with E-state index in [-0.39, 0.29) is 18.7 Å². The fraction of sp³-hybridized carbons (Fsp3) is 0.933. The van der Waals surface area contributed by atoms with Crippen LogP contribution in [0.3, 0.4) is 0 Å². The lowest BCUT2D eigenvalue weighted by Gasteiger charge is -2.48. The first-order chi connectivity index (χ1) is 9.80. The van der Waals surface area contributed by atoms with Crippen molar-refractivity contribution in [1.29, 1.82) is 0 Å². The van der Waals surface area contributed by atoms with Gasteiger partial charge in [0.2, 0.25) is 0 Å². The van der Waals surface area contributed by atoms with Gasteiger partial charge in [-0.25, -0.2) is 4.79 Å². The Hall–Kier alpha value is -0.850. The van der Waals surface area contributed by atoms with Gasteiger partial charge in [-0.15, -0.1) is 0 Å². The molecule has 1 atom stereocenters. The van der Waals surface area contributed by atoms with E-state index in [1.807, 2.05) is 20.8 Å². The van der Waals surface area contributed by atoms with Crippen LogP contribution in [0.2, 0.25) is 0 Å². The van der Waals surface area contributed by atoms with E-state index in [2.05, 4.69) is 4.90 Å². The molecule has 0 aromatic carbocycles. The standard InChI is InChI=1S/C15H29N3O3/c1-15(2,3)21-14(20)17-6-4-12(5-7-17)18-8-11(9-18)13(16)10-19/h11-13,19H,4-10,16H2,1-3H3. The summed E-state index contributed by atoms with van der Waals surface area (Å²) in [5.74, 6) is 0.416. The molecular weight excluding hydrogens is 270 g/mol. The molecular formula is C15H29N3O3. The molecule has 21 heavy (non-hydrogen) atoms. The molecule has 2 fully saturated rings. The fourth-order valence-electron chi connectivity index (χ4n) is 3.01. The first kappa shape index (κ1) is 16.5. The average Bonchev–Trinajstić information content (AvgIpc) is 2.35. The van der Waals surface area contributed by atoms with E-state index in [1.54, 1.807) is 4.90 Å². The van der Waals surface area contributed by atoms with Crippen LogP contribution in [0.4, 0.5) is 4.79 Å². The topological polar surface area (TPSA) is 79.0 Å². The van der Waals surface area contributed by atoms with Gasteiger partial charge in [-0.3, -0.25) is 4.90 Å². The summed E-state index contributed by atoms with van der Waals surface area (Å²) in [5.41, 5.74) is 5.41. The second-order valence-electron chi connectivity index (χ2n) is 7.26. The fourth-order valence-corrected chi connectivity index (χ4v) is 3.01. The predicted octanol–water partition coefficient (Wildman–Crippen LogP) is 0.637. The molecule has 6 heteroatoms. The van der Waals surface area contributed by atoms with Crippen molar-refractivity contribution in [1.82, 2.24) is 9.80 Å². The highest BCUT2D eigenvalue weighted by Crippen LogP contribution is 2.27. The molecule has 0 spiro atoms. The van der Waals surface area contributed by atoms with Gasteiger partial charge in [0.1, 0.15) is 5.60 Å². The van der Waals surface area contributed by atoms with Crippen LogP contribution in [-0.2, 0) is 4.74 Å². The first-order valence-electron chi connectivity index (χ1n) is 7.88. The third-order valence-electron chi connectivity index (χ3n) is 4.39. The van der Waals surface area contributed by atoms with Gasteiger partial charge in [0.05, 0.1) is 6.61 Å². The number of hydrogen-bond donors (Lipinski definition) is 2. The number of aliphatic hydroxyl groups excluding tert-OH is 1. The van der Waals surface area contributed by atoms with Crippen LogP contribution in [0, 0.1) is 5.92 Å². The van der Waals surface area contributed by atoms with Crippen molar-refractivity contribution in [2.75, 3.05) is 32.8 Å². The third kappa shape index (κ3) is 4.31. The van der Waals surface area contributed by atoms with Crippen molar-refractivity contribution >= 4 is 6.09 Å². The van der Waals surface area contributed by atoms with Gasteiger partial charge >= 0.3 is 6.09 Å². The molecule has 122 valence electrons. The van der Waals surface area contributed by atoms with Crippen LogP contribution in [0.5, 0.6) is 0 Å². The van der Waals surface area contributed by atoms with Gasteiger partial charge in [0, 0.05) is 44.2 Å². The summed E-state index contributed by atoms with van der Waals surface area (Å²) in [6, 6.07) is 0.439. The summed E-state index contributed by atoms with van der Waals surface area (Å²) in [5, 5.41) is 9.05. The maximum absolute atomic E-state index is 12.0. The summed E-state index contributed by atoms with van der Waals surface area (Å²) in [4.78, 5) is 16.2. The minimum atomic E-state index is -0.431. The number of amides is 1. The van der Waals surface area contributed by atoms with E-state index < -0.39 is 5.60 Å². The Balaban J connectivity index is 1.71. The molecule has 0 aliphatic carbocycles. The molecule has 2 aliphatic heterocycles. The van der Waals surface area contributed by atoms with Crippen LogP contribution in [0.15, 0.2) is 0 Å². The molecule has 2 saturated heterocycles. The smallest absolute Gasteiger partial charge is 0.410 e. The first-order valence-corrected chi connectivity index (χ1v) is 7.88. The minimum Gasteiger partial charge on any atom is -0.444 e. The molecule has 6 nitrogen and oxygen atoms in total. The zero-order valence-corrected chi connectivity index (χ0v) is 13.4. The Morgan fingerprint density at radius 1 is 1.33 bits per heavy atom. The molecule has 0 aromatic heterocycles. The van der Waals surface area contributed by atoms with E-state index in [4.69, 9.17) is 15.6 Å². The van der Waals surface area contributed by atoms with Crippen molar-refractivity contribution in [3.63, 3.8) is 0 Å². The summed E-state index contributed by atoms with van der Waals surface area (Å²) >= 11 is 0. The predicted molar refractivity (Wildman–Crippen MR) is 81.0 cm³/mol. The lowest BCUT2D eigenvalue weighted by molar-refractivity contribution is -0.0111. The van der Waals surface area contributed by atoms with E-state index in [9.17, 15) is 4.79 Å². The minimum absolute atomic E-state index is 0.0651. The maximum Gasteiger partial charge on any atom is 0.410 e. The highest BCUT2D eigenvalue weighted by molar-refractivity contribution is 5.68. The number of likely N-dealkylation sites (tertiary alicyclic amines) is 2. The Kier molecular flexibility index (Phi) is 5.11. The maximum atomic E-state index is 12.0. The summed E-state index contributed by atoms with van der Waals surface area (Å²) in [6.45, 7) is 9.19. The number of rotatable bonds is 3. The zero-order valence-electron chi connectivity index (χ0n) is 13.4. The van der Waals surface area contributed by atoms with Crippen LogP contribution in [0.1, 0.15) is 33.6 Å². The van der Waals surface area contributed by atoms with Crippen LogP contribution in [-0.4, -0.2) is 71.5 Å².